The number of carbonyl (C=O) groups is 1. The molecule has 4 nitrogen and oxygen atoms in total. The average Bonchev–Trinajstić information content (AvgIpc) is 2.67. The molecule has 26 heavy (non-hydrogen) atoms. The second-order valence-electron chi connectivity index (χ2n) is 6.18. The zero-order chi connectivity index (χ0) is 18.5. The predicted octanol–water partition coefficient (Wildman–Crippen LogP) is 4.25. The van der Waals surface area contributed by atoms with Gasteiger partial charge < -0.3 is 9.73 Å². The molecule has 2 aromatic carbocycles. The molecule has 0 radical (unpaired) electrons. The van der Waals surface area contributed by atoms with Crippen LogP contribution in [-0.2, 0) is 11.2 Å². The highest BCUT2D eigenvalue weighted by molar-refractivity contribution is 5.92. The fourth-order valence-corrected chi connectivity index (χ4v) is 2.76. The van der Waals surface area contributed by atoms with E-state index in [1.165, 1.54) is 24.0 Å². The van der Waals surface area contributed by atoms with Gasteiger partial charge in [0.1, 0.15) is 11.8 Å². The summed E-state index contributed by atoms with van der Waals surface area (Å²) in [5.41, 5.74) is 3.02. The quantitative estimate of drug-likeness (QED) is 0.702. The number of aryl methyl sites for hydroxylation is 1. The van der Waals surface area contributed by atoms with Gasteiger partial charge in [-0.15, -0.1) is 0 Å². The Morgan fingerprint density at radius 3 is 2.62 bits per heavy atom. The number of amides is 1. The van der Waals surface area contributed by atoms with Gasteiger partial charge in [0.15, 0.2) is 5.43 Å². The smallest absolute Gasteiger partial charge is 0.244 e. The van der Waals surface area contributed by atoms with Crippen molar-refractivity contribution in [2.75, 3.05) is 0 Å². The first-order valence-electron chi connectivity index (χ1n) is 8.66. The fourth-order valence-electron chi connectivity index (χ4n) is 2.76. The van der Waals surface area contributed by atoms with Crippen LogP contribution in [-0.4, -0.2) is 5.91 Å². The zero-order valence-electron chi connectivity index (χ0n) is 14.9. The first-order chi connectivity index (χ1) is 12.6. The Kier molecular flexibility index (Phi) is 5.32. The molecule has 1 heterocycles. The highest BCUT2D eigenvalue weighted by Crippen LogP contribution is 2.14. The van der Waals surface area contributed by atoms with Crippen LogP contribution in [0.1, 0.15) is 36.6 Å². The minimum Gasteiger partial charge on any atom is -0.463 e. The molecule has 0 aliphatic heterocycles. The van der Waals surface area contributed by atoms with Gasteiger partial charge in [-0.05, 0) is 42.7 Å². The van der Waals surface area contributed by atoms with Crippen molar-refractivity contribution < 1.29 is 9.21 Å². The van der Waals surface area contributed by atoms with Crippen molar-refractivity contribution in [3.8, 4) is 0 Å². The largest absolute Gasteiger partial charge is 0.463 e. The highest BCUT2D eigenvalue weighted by atomic mass is 16.3. The molecule has 1 N–H and O–H groups in total. The Morgan fingerprint density at radius 1 is 1.15 bits per heavy atom. The molecule has 0 fully saturated rings. The lowest BCUT2D eigenvalue weighted by Gasteiger charge is -2.13. The number of carbonyl (C=O) groups excluding carboxylic acids is 1. The summed E-state index contributed by atoms with van der Waals surface area (Å²) in [6.45, 7) is 4.03. The topological polar surface area (TPSA) is 59.3 Å². The van der Waals surface area contributed by atoms with Crippen LogP contribution in [0.25, 0.3) is 17.0 Å². The third-order valence-electron chi connectivity index (χ3n) is 4.37. The summed E-state index contributed by atoms with van der Waals surface area (Å²) in [6.07, 6.45) is 5.21. The van der Waals surface area contributed by atoms with Crippen LogP contribution in [0.3, 0.4) is 0 Å². The van der Waals surface area contributed by atoms with E-state index in [1.807, 2.05) is 25.1 Å². The SMILES string of the molecule is CCc1ccc(C(C)NC(=O)/C=C/c2coc3ccccc3c2=O)cc1. The summed E-state index contributed by atoms with van der Waals surface area (Å²) in [5, 5.41) is 3.40. The van der Waals surface area contributed by atoms with Crippen LogP contribution < -0.4 is 10.7 Å². The van der Waals surface area contributed by atoms with Gasteiger partial charge in [-0.2, -0.15) is 0 Å². The number of hydrogen-bond donors (Lipinski definition) is 1. The van der Waals surface area contributed by atoms with Crippen molar-refractivity contribution in [1.29, 1.82) is 0 Å². The third kappa shape index (κ3) is 3.91. The van der Waals surface area contributed by atoms with E-state index >= 15 is 0 Å². The number of para-hydroxylation sites is 1. The third-order valence-corrected chi connectivity index (χ3v) is 4.37. The van der Waals surface area contributed by atoms with Crippen molar-refractivity contribution in [2.45, 2.75) is 26.3 Å². The van der Waals surface area contributed by atoms with E-state index in [1.54, 1.807) is 18.2 Å². The molecule has 1 atom stereocenters. The van der Waals surface area contributed by atoms with Crippen LogP contribution in [0.15, 0.2) is 70.1 Å². The van der Waals surface area contributed by atoms with E-state index in [2.05, 4.69) is 24.4 Å². The van der Waals surface area contributed by atoms with Gasteiger partial charge in [-0.25, -0.2) is 0 Å². The van der Waals surface area contributed by atoms with Gasteiger partial charge in [0, 0.05) is 6.08 Å². The number of fused-ring (bicyclic) bond motifs is 1. The minimum absolute atomic E-state index is 0.119. The van der Waals surface area contributed by atoms with Crippen molar-refractivity contribution >= 4 is 23.0 Å². The van der Waals surface area contributed by atoms with Crippen molar-refractivity contribution in [2.24, 2.45) is 0 Å². The number of rotatable bonds is 5. The number of benzene rings is 2. The number of nitrogens with one attached hydrogen (secondary N) is 1. The standard InChI is InChI=1S/C22H21NO3/c1-3-16-8-10-17(11-9-16)15(2)23-21(24)13-12-18-14-26-20-7-5-4-6-19(20)22(18)25/h4-15H,3H2,1-2H3,(H,23,24)/b13-12+. The lowest BCUT2D eigenvalue weighted by Crippen LogP contribution is -2.24. The Bertz CT molecular complexity index is 1000. The zero-order valence-corrected chi connectivity index (χ0v) is 14.9. The molecule has 1 amide bonds. The lowest BCUT2D eigenvalue weighted by molar-refractivity contribution is -0.117. The highest BCUT2D eigenvalue weighted by Gasteiger charge is 2.08. The van der Waals surface area contributed by atoms with Crippen molar-refractivity contribution in [1.82, 2.24) is 5.32 Å². The van der Waals surface area contributed by atoms with E-state index in [0.29, 0.717) is 16.5 Å². The van der Waals surface area contributed by atoms with E-state index < -0.39 is 0 Å². The molecule has 0 aliphatic carbocycles. The maximum Gasteiger partial charge on any atom is 0.244 e. The molecule has 0 spiro atoms. The first-order valence-corrected chi connectivity index (χ1v) is 8.66. The monoisotopic (exact) mass is 347 g/mol. The Hall–Kier alpha value is -3.14. The van der Waals surface area contributed by atoms with E-state index in [0.717, 1.165) is 12.0 Å². The van der Waals surface area contributed by atoms with Gasteiger partial charge in [-0.1, -0.05) is 43.3 Å². The minimum atomic E-state index is -0.260. The Balaban J connectivity index is 1.71. The molecule has 1 unspecified atom stereocenters. The molecule has 4 heteroatoms. The van der Waals surface area contributed by atoms with Crippen LogP contribution in [0, 0.1) is 0 Å². The van der Waals surface area contributed by atoms with Crippen LogP contribution in [0.4, 0.5) is 0 Å². The normalized spacial score (nSPS) is 12.4. The Labute approximate surface area is 152 Å². The van der Waals surface area contributed by atoms with Crippen molar-refractivity contribution in [3.05, 3.63) is 87.8 Å². The molecule has 132 valence electrons. The molecule has 0 aliphatic rings. The van der Waals surface area contributed by atoms with Gasteiger partial charge in [0.05, 0.1) is 17.0 Å². The van der Waals surface area contributed by atoms with Crippen LogP contribution in [0.2, 0.25) is 0 Å². The summed E-state index contributed by atoms with van der Waals surface area (Å²) < 4.78 is 5.45. The van der Waals surface area contributed by atoms with Gasteiger partial charge in [0.25, 0.3) is 0 Å². The van der Waals surface area contributed by atoms with Crippen LogP contribution in [0.5, 0.6) is 0 Å². The van der Waals surface area contributed by atoms with E-state index in [9.17, 15) is 9.59 Å². The van der Waals surface area contributed by atoms with Gasteiger partial charge in [-0.3, -0.25) is 9.59 Å². The molecule has 0 saturated heterocycles. The molecule has 0 saturated carbocycles. The van der Waals surface area contributed by atoms with Crippen molar-refractivity contribution in [3.63, 3.8) is 0 Å². The summed E-state index contributed by atoms with van der Waals surface area (Å²) >= 11 is 0. The molecule has 3 rings (SSSR count). The maximum atomic E-state index is 12.4. The second-order valence-corrected chi connectivity index (χ2v) is 6.18. The first kappa shape index (κ1) is 17.7. The maximum absolute atomic E-state index is 12.4. The Morgan fingerprint density at radius 2 is 1.88 bits per heavy atom. The lowest BCUT2D eigenvalue weighted by atomic mass is 10.0. The summed E-state index contributed by atoms with van der Waals surface area (Å²) in [6, 6.07) is 15.1. The second kappa shape index (κ2) is 7.83. The molecule has 0 bridgehead atoms. The molecular weight excluding hydrogens is 326 g/mol. The van der Waals surface area contributed by atoms with Gasteiger partial charge in [0.2, 0.25) is 5.91 Å². The van der Waals surface area contributed by atoms with E-state index in [-0.39, 0.29) is 17.4 Å². The average molecular weight is 347 g/mol. The summed E-state index contributed by atoms with van der Waals surface area (Å²) in [5.74, 6) is -0.260. The predicted molar refractivity (Wildman–Crippen MR) is 104 cm³/mol. The fraction of sp³-hybridized carbons (Fsp3) is 0.182. The van der Waals surface area contributed by atoms with Crippen LogP contribution >= 0.6 is 0 Å². The molecule has 3 aromatic rings. The van der Waals surface area contributed by atoms with Gasteiger partial charge >= 0.3 is 0 Å². The van der Waals surface area contributed by atoms with E-state index in [4.69, 9.17) is 4.42 Å². The molecule has 1 aromatic heterocycles. The summed E-state index contributed by atoms with van der Waals surface area (Å²) in [7, 11) is 0. The summed E-state index contributed by atoms with van der Waals surface area (Å²) in [4.78, 5) is 24.6. The molecular formula is C22H21NO3. The number of hydrogen-bond acceptors (Lipinski definition) is 3.